The van der Waals surface area contributed by atoms with Crippen molar-refractivity contribution in [3.8, 4) is 16.9 Å². The van der Waals surface area contributed by atoms with E-state index in [1.54, 1.807) is 18.3 Å². The molecule has 0 saturated heterocycles. The minimum absolute atomic E-state index is 0.0446. The molecule has 0 aromatic heterocycles. The van der Waals surface area contributed by atoms with Gasteiger partial charge in [-0.05, 0) is 72.9 Å². The lowest BCUT2D eigenvalue weighted by atomic mass is 9.98. The van der Waals surface area contributed by atoms with Gasteiger partial charge in [-0.2, -0.15) is 0 Å². The van der Waals surface area contributed by atoms with Crippen molar-refractivity contribution in [3.05, 3.63) is 119 Å². The van der Waals surface area contributed by atoms with E-state index in [9.17, 15) is 4.79 Å². The summed E-state index contributed by atoms with van der Waals surface area (Å²) in [5.74, 6) is 0.448. The van der Waals surface area contributed by atoms with Crippen LogP contribution < -0.4 is 4.74 Å². The molecule has 0 saturated carbocycles. The smallest absolute Gasteiger partial charge is 0.338 e. The van der Waals surface area contributed by atoms with Crippen LogP contribution in [0.2, 0.25) is 0 Å². The highest BCUT2D eigenvalue weighted by atomic mass is 16.5. The summed E-state index contributed by atoms with van der Waals surface area (Å²) in [7, 11) is 0. The summed E-state index contributed by atoms with van der Waals surface area (Å²) in [6, 6.07) is 31.6. The van der Waals surface area contributed by atoms with Crippen molar-refractivity contribution < 1.29 is 14.3 Å². The zero-order valence-electron chi connectivity index (χ0n) is 20.8. The van der Waals surface area contributed by atoms with Gasteiger partial charge in [0.1, 0.15) is 23.6 Å². The van der Waals surface area contributed by atoms with E-state index in [0.29, 0.717) is 12.2 Å². The fourth-order valence-electron chi connectivity index (χ4n) is 4.51. The molecule has 0 fully saturated rings. The van der Waals surface area contributed by atoms with E-state index in [1.807, 2.05) is 81.4 Å². The summed E-state index contributed by atoms with van der Waals surface area (Å²) in [4.78, 5) is 17.4. The molecule has 4 heteroatoms. The van der Waals surface area contributed by atoms with Gasteiger partial charge in [0.25, 0.3) is 0 Å². The van der Waals surface area contributed by atoms with Crippen LogP contribution in [0, 0.1) is 0 Å². The number of carbonyl (C=O) groups excluding carboxylic acids is 1. The van der Waals surface area contributed by atoms with E-state index in [1.165, 1.54) is 22.3 Å². The Labute approximate surface area is 212 Å². The molecule has 0 spiro atoms. The molecule has 4 nitrogen and oxygen atoms in total. The molecule has 4 aromatic carbocycles. The lowest BCUT2D eigenvalue weighted by Crippen LogP contribution is -2.22. The molecule has 0 atom stereocenters. The fourth-order valence-corrected chi connectivity index (χ4v) is 4.51. The average Bonchev–Trinajstić information content (AvgIpc) is 3.20. The van der Waals surface area contributed by atoms with Crippen LogP contribution in [0.4, 0.5) is 5.69 Å². The molecule has 180 valence electrons. The lowest BCUT2D eigenvalue weighted by Gasteiger charge is -2.22. The van der Waals surface area contributed by atoms with Gasteiger partial charge in [0.05, 0.1) is 5.56 Å². The van der Waals surface area contributed by atoms with Gasteiger partial charge in [-0.3, -0.25) is 4.99 Å². The minimum atomic E-state index is -0.329. The van der Waals surface area contributed by atoms with Crippen LogP contribution in [-0.4, -0.2) is 24.4 Å². The molecular formula is C32H29NO3. The van der Waals surface area contributed by atoms with Crippen LogP contribution in [-0.2, 0) is 4.74 Å². The maximum atomic E-state index is 12.8. The monoisotopic (exact) mass is 475 g/mol. The third kappa shape index (κ3) is 5.08. The van der Waals surface area contributed by atoms with Crippen LogP contribution in [0.5, 0.6) is 5.75 Å². The number of hydrogen-bond acceptors (Lipinski definition) is 4. The molecule has 0 heterocycles. The zero-order chi connectivity index (χ0) is 25.1. The summed E-state index contributed by atoms with van der Waals surface area (Å²) < 4.78 is 11.8. The zero-order valence-corrected chi connectivity index (χ0v) is 20.8. The highest BCUT2D eigenvalue weighted by Crippen LogP contribution is 2.44. The Kier molecular flexibility index (Phi) is 6.43. The Hall–Kier alpha value is -4.18. The van der Waals surface area contributed by atoms with E-state index in [0.717, 1.165) is 17.0 Å². The largest absolute Gasteiger partial charge is 0.486 e. The highest BCUT2D eigenvalue weighted by molar-refractivity contribution is 5.91. The van der Waals surface area contributed by atoms with Crippen molar-refractivity contribution in [2.24, 2.45) is 4.99 Å². The van der Waals surface area contributed by atoms with Crippen LogP contribution in [0.15, 0.2) is 102 Å². The number of nitrogens with zero attached hydrogens (tertiary/aromatic N) is 1. The molecule has 0 radical (unpaired) electrons. The second-order valence-electron chi connectivity index (χ2n) is 9.89. The van der Waals surface area contributed by atoms with Gasteiger partial charge in [0.2, 0.25) is 0 Å². The number of ether oxygens (including phenoxy) is 2. The molecule has 4 aromatic rings. The second-order valence-corrected chi connectivity index (χ2v) is 9.89. The van der Waals surface area contributed by atoms with E-state index >= 15 is 0 Å². The normalized spacial score (nSPS) is 12.9. The molecule has 0 aliphatic heterocycles. The Morgan fingerprint density at radius 2 is 1.39 bits per heavy atom. The molecule has 5 rings (SSSR count). The first-order chi connectivity index (χ1) is 17.4. The standard InChI is InChI=1S/C32H29NO3/c1-32(2,3)36-30-15-9-8-14-29(30)33-20-22-16-18-23(19-17-22)31(34)35-21-28-26-12-6-4-10-24(26)25-11-5-7-13-27(25)28/h4-20,28H,21H2,1-3H3. The minimum Gasteiger partial charge on any atom is -0.486 e. The Balaban J connectivity index is 1.26. The van der Waals surface area contributed by atoms with Gasteiger partial charge in [-0.1, -0.05) is 72.8 Å². The van der Waals surface area contributed by atoms with E-state index < -0.39 is 0 Å². The van der Waals surface area contributed by atoms with E-state index in [2.05, 4.69) is 29.3 Å². The third-order valence-corrected chi connectivity index (χ3v) is 6.12. The predicted octanol–water partition coefficient (Wildman–Crippen LogP) is 7.58. The number of rotatable bonds is 6. The number of hydrogen-bond donors (Lipinski definition) is 0. The van der Waals surface area contributed by atoms with Crippen LogP contribution in [0.3, 0.4) is 0 Å². The number of esters is 1. The van der Waals surface area contributed by atoms with Gasteiger partial charge in [-0.25, -0.2) is 4.79 Å². The maximum absolute atomic E-state index is 12.8. The van der Waals surface area contributed by atoms with Crippen molar-refractivity contribution in [2.45, 2.75) is 32.3 Å². The summed E-state index contributed by atoms with van der Waals surface area (Å²) in [5, 5.41) is 0. The summed E-state index contributed by atoms with van der Waals surface area (Å²) in [5.41, 5.74) is 6.69. The van der Waals surface area contributed by atoms with Crippen LogP contribution in [0.25, 0.3) is 11.1 Å². The van der Waals surface area contributed by atoms with E-state index in [4.69, 9.17) is 9.47 Å². The Morgan fingerprint density at radius 3 is 2.03 bits per heavy atom. The van der Waals surface area contributed by atoms with Crippen molar-refractivity contribution in [2.75, 3.05) is 6.61 Å². The lowest BCUT2D eigenvalue weighted by molar-refractivity contribution is 0.0493. The molecule has 0 unspecified atom stereocenters. The average molecular weight is 476 g/mol. The quantitative estimate of drug-likeness (QED) is 0.213. The summed E-state index contributed by atoms with van der Waals surface area (Å²) in [6.07, 6.45) is 1.77. The number of benzene rings is 4. The number of fused-ring (bicyclic) bond motifs is 3. The molecular weight excluding hydrogens is 446 g/mol. The van der Waals surface area contributed by atoms with Crippen LogP contribution in [0.1, 0.15) is 53.7 Å². The number of carbonyl (C=O) groups is 1. The summed E-state index contributed by atoms with van der Waals surface area (Å²) in [6.45, 7) is 6.33. The Bertz CT molecular complexity index is 1370. The molecule has 0 N–H and O–H groups in total. The molecule has 36 heavy (non-hydrogen) atoms. The van der Waals surface area contributed by atoms with Gasteiger partial charge < -0.3 is 9.47 Å². The summed E-state index contributed by atoms with van der Waals surface area (Å²) >= 11 is 0. The van der Waals surface area contributed by atoms with Gasteiger partial charge in [0.15, 0.2) is 0 Å². The van der Waals surface area contributed by atoms with Gasteiger partial charge in [0, 0.05) is 12.1 Å². The first-order valence-corrected chi connectivity index (χ1v) is 12.2. The second kappa shape index (κ2) is 9.82. The number of para-hydroxylation sites is 2. The molecule has 0 bridgehead atoms. The van der Waals surface area contributed by atoms with Crippen molar-refractivity contribution >= 4 is 17.9 Å². The fraction of sp³-hybridized carbons (Fsp3) is 0.188. The Morgan fingerprint density at radius 1 is 0.806 bits per heavy atom. The number of aliphatic imine (C=N–C) groups is 1. The molecule has 1 aliphatic carbocycles. The third-order valence-electron chi connectivity index (χ3n) is 6.12. The van der Waals surface area contributed by atoms with Crippen molar-refractivity contribution in [1.82, 2.24) is 0 Å². The first-order valence-electron chi connectivity index (χ1n) is 12.2. The highest BCUT2D eigenvalue weighted by Gasteiger charge is 2.29. The SMILES string of the molecule is CC(C)(C)Oc1ccccc1N=Cc1ccc(C(=O)OCC2c3ccccc3-c3ccccc32)cc1. The predicted molar refractivity (Wildman–Crippen MR) is 145 cm³/mol. The van der Waals surface area contributed by atoms with Crippen molar-refractivity contribution in [3.63, 3.8) is 0 Å². The maximum Gasteiger partial charge on any atom is 0.338 e. The molecule has 1 aliphatic rings. The molecule has 0 amide bonds. The van der Waals surface area contributed by atoms with Gasteiger partial charge in [-0.15, -0.1) is 0 Å². The van der Waals surface area contributed by atoms with Crippen LogP contribution >= 0.6 is 0 Å². The topological polar surface area (TPSA) is 47.9 Å². The van der Waals surface area contributed by atoms with Crippen molar-refractivity contribution in [1.29, 1.82) is 0 Å². The van der Waals surface area contributed by atoms with E-state index in [-0.39, 0.29) is 17.5 Å². The first kappa shape index (κ1) is 23.6. The van der Waals surface area contributed by atoms with Gasteiger partial charge >= 0.3 is 5.97 Å².